The summed E-state index contributed by atoms with van der Waals surface area (Å²) in [5, 5.41) is 2.84. The fraction of sp³-hybridized carbons (Fsp3) is 0.400. The Morgan fingerprint density at radius 3 is 2.44 bits per heavy atom. The number of hydrogen-bond acceptors (Lipinski definition) is 5. The Balaban J connectivity index is 1.98. The lowest BCUT2D eigenvalue weighted by atomic mass is 10.0. The standard InChI is InChI=1S/C25H32N4O2S/c1-18-17-32-23(26-18)16-28(5)25(31)24-21(12-11-20-9-7-6-8-10-20)29(14-13-27(3)4)19(2)15-22(24)30/h6-10,15,17H,11-14,16H2,1-5H3. The van der Waals surface area contributed by atoms with Gasteiger partial charge in [0.05, 0.1) is 6.54 Å². The first-order valence-corrected chi connectivity index (χ1v) is 11.7. The molecule has 32 heavy (non-hydrogen) atoms. The lowest BCUT2D eigenvalue weighted by Gasteiger charge is -2.24. The van der Waals surface area contributed by atoms with E-state index in [1.54, 1.807) is 18.0 Å². The second kappa shape index (κ2) is 10.7. The normalized spacial score (nSPS) is 11.2. The van der Waals surface area contributed by atoms with Crippen LogP contribution in [0.5, 0.6) is 0 Å². The number of amides is 1. The Morgan fingerprint density at radius 1 is 1.09 bits per heavy atom. The van der Waals surface area contributed by atoms with E-state index in [9.17, 15) is 9.59 Å². The minimum Gasteiger partial charge on any atom is -0.347 e. The minimum atomic E-state index is -0.246. The maximum Gasteiger partial charge on any atom is 0.259 e. The largest absolute Gasteiger partial charge is 0.347 e. The highest BCUT2D eigenvalue weighted by molar-refractivity contribution is 7.09. The monoisotopic (exact) mass is 452 g/mol. The number of likely N-dealkylation sites (N-methyl/N-ethyl adjacent to an activating group) is 1. The predicted molar refractivity (Wildman–Crippen MR) is 130 cm³/mol. The van der Waals surface area contributed by atoms with Crippen LogP contribution in [0.4, 0.5) is 0 Å². The number of thiazole rings is 1. The molecule has 170 valence electrons. The van der Waals surface area contributed by atoms with Crippen LogP contribution in [0.15, 0.2) is 46.6 Å². The number of rotatable bonds is 9. The maximum absolute atomic E-state index is 13.5. The van der Waals surface area contributed by atoms with E-state index in [1.165, 1.54) is 16.9 Å². The van der Waals surface area contributed by atoms with Crippen molar-refractivity contribution in [2.75, 3.05) is 27.7 Å². The highest BCUT2D eigenvalue weighted by Crippen LogP contribution is 2.17. The van der Waals surface area contributed by atoms with E-state index >= 15 is 0 Å². The first kappa shape index (κ1) is 23.9. The molecular formula is C25H32N4O2S. The molecule has 0 aliphatic carbocycles. The first-order chi connectivity index (χ1) is 15.3. The van der Waals surface area contributed by atoms with Crippen LogP contribution in [-0.2, 0) is 25.9 Å². The van der Waals surface area contributed by atoms with E-state index < -0.39 is 0 Å². The van der Waals surface area contributed by atoms with Crippen LogP contribution in [0.25, 0.3) is 0 Å². The molecular weight excluding hydrogens is 420 g/mol. The zero-order valence-corrected chi connectivity index (χ0v) is 20.4. The summed E-state index contributed by atoms with van der Waals surface area (Å²) in [5.41, 5.74) is 3.89. The van der Waals surface area contributed by atoms with Crippen LogP contribution >= 0.6 is 11.3 Å². The van der Waals surface area contributed by atoms with Gasteiger partial charge in [0.2, 0.25) is 0 Å². The Bertz CT molecular complexity index is 1120. The maximum atomic E-state index is 13.5. The zero-order chi connectivity index (χ0) is 23.3. The molecule has 2 aromatic heterocycles. The Labute approximate surface area is 194 Å². The quantitative estimate of drug-likeness (QED) is 0.498. The summed E-state index contributed by atoms with van der Waals surface area (Å²) in [7, 11) is 5.79. The van der Waals surface area contributed by atoms with Gasteiger partial charge in [0.25, 0.3) is 5.91 Å². The molecule has 0 spiro atoms. The number of aryl methyl sites for hydroxylation is 3. The fourth-order valence-corrected chi connectivity index (χ4v) is 4.60. The third kappa shape index (κ3) is 5.93. The van der Waals surface area contributed by atoms with Crippen molar-refractivity contribution >= 4 is 17.2 Å². The Hall–Kier alpha value is -2.77. The van der Waals surface area contributed by atoms with E-state index in [1.807, 2.05) is 51.5 Å². The molecule has 0 saturated carbocycles. The molecule has 0 fully saturated rings. The Kier molecular flexibility index (Phi) is 7.99. The second-order valence-electron chi connectivity index (χ2n) is 8.46. The first-order valence-electron chi connectivity index (χ1n) is 10.8. The summed E-state index contributed by atoms with van der Waals surface area (Å²) in [6, 6.07) is 11.8. The molecule has 7 heteroatoms. The molecule has 0 N–H and O–H groups in total. The van der Waals surface area contributed by atoms with Gasteiger partial charge in [-0.15, -0.1) is 11.3 Å². The summed E-state index contributed by atoms with van der Waals surface area (Å²) < 4.78 is 2.14. The average Bonchev–Trinajstić information content (AvgIpc) is 3.16. The van der Waals surface area contributed by atoms with Crippen molar-refractivity contribution in [1.29, 1.82) is 0 Å². The van der Waals surface area contributed by atoms with Gasteiger partial charge in [0.1, 0.15) is 10.6 Å². The van der Waals surface area contributed by atoms with E-state index in [0.717, 1.165) is 41.6 Å². The molecule has 1 amide bonds. The van der Waals surface area contributed by atoms with Gasteiger partial charge >= 0.3 is 0 Å². The number of carbonyl (C=O) groups is 1. The SMILES string of the molecule is Cc1csc(CN(C)C(=O)c2c(CCc3ccccc3)n(CCN(C)C)c(C)cc2=O)n1. The molecule has 0 bridgehead atoms. The molecule has 0 aliphatic rings. The van der Waals surface area contributed by atoms with Crippen LogP contribution in [-0.4, -0.2) is 52.9 Å². The molecule has 0 saturated heterocycles. The summed E-state index contributed by atoms with van der Waals surface area (Å²) >= 11 is 1.53. The number of benzene rings is 1. The molecule has 0 radical (unpaired) electrons. The third-order valence-corrected chi connectivity index (χ3v) is 6.44. The minimum absolute atomic E-state index is 0.209. The van der Waals surface area contributed by atoms with Gasteiger partial charge in [-0.3, -0.25) is 9.59 Å². The van der Waals surface area contributed by atoms with Crippen molar-refractivity contribution in [3.8, 4) is 0 Å². The number of nitrogens with zero attached hydrogens (tertiary/aromatic N) is 4. The zero-order valence-electron chi connectivity index (χ0n) is 19.6. The number of hydrogen-bond donors (Lipinski definition) is 0. The van der Waals surface area contributed by atoms with Crippen LogP contribution in [0, 0.1) is 13.8 Å². The van der Waals surface area contributed by atoms with Gasteiger partial charge in [-0.2, -0.15) is 0 Å². The molecule has 3 rings (SSSR count). The Morgan fingerprint density at radius 2 is 1.81 bits per heavy atom. The summed E-state index contributed by atoms with van der Waals surface area (Å²) in [6.45, 7) is 5.82. The number of pyridine rings is 1. The number of aromatic nitrogens is 2. The van der Waals surface area contributed by atoms with Crippen LogP contribution in [0.3, 0.4) is 0 Å². The molecule has 0 atom stereocenters. The third-order valence-electron chi connectivity index (χ3n) is 5.49. The van der Waals surface area contributed by atoms with Crippen molar-refractivity contribution in [3.05, 3.63) is 85.2 Å². The van der Waals surface area contributed by atoms with E-state index in [0.29, 0.717) is 13.0 Å². The van der Waals surface area contributed by atoms with Crippen molar-refractivity contribution < 1.29 is 4.79 Å². The highest BCUT2D eigenvalue weighted by atomic mass is 32.1. The topological polar surface area (TPSA) is 58.4 Å². The van der Waals surface area contributed by atoms with Crippen LogP contribution < -0.4 is 5.43 Å². The lowest BCUT2D eigenvalue weighted by molar-refractivity contribution is 0.0781. The predicted octanol–water partition coefficient (Wildman–Crippen LogP) is 3.54. The van der Waals surface area contributed by atoms with Gasteiger partial charge in [0.15, 0.2) is 5.43 Å². The molecule has 1 aromatic carbocycles. The average molecular weight is 453 g/mol. The smallest absolute Gasteiger partial charge is 0.259 e. The van der Waals surface area contributed by atoms with Crippen molar-refractivity contribution in [1.82, 2.24) is 19.4 Å². The lowest BCUT2D eigenvalue weighted by Crippen LogP contribution is -2.35. The molecule has 6 nitrogen and oxygen atoms in total. The number of carbonyl (C=O) groups excluding carboxylic acids is 1. The van der Waals surface area contributed by atoms with Crippen molar-refractivity contribution in [2.24, 2.45) is 0 Å². The van der Waals surface area contributed by atoms with Crippen LogP contribution in [0.2, 0.25) is 0 Å². The summed E-state index contributed by atoms with van der Waals surface area (Å²) in [6.07, 6.45) is 1.39. The van der Waals surface area contributed by atoms with E-state index in [-0.39, 0.29) is 16.9 Å². The molecule has 2 heterocycles. The van der Waals surface area contributed by atoms with E-state index in [2.05, 4.69) is 26.6 Å². The van der Waals surface area contributed by atoms with Gasteiger partial charge in [-0.1, -0.05) is 30.3 Å². The molecule has 3 aromatic rings. The van der Waals surface area contributed by atoms with Gasteiger partial charge in [-0.05, 0) is 46.3 Å². The van der Waals surface area contributed by atoms with Crippen LogP contribution in [0.1, 0.15) is 38.0 Å². The van der Waals surface area contributed by atoms with Gasteiger partial charge < -0.3 is 14.4 Å². The van der Waals surface area contributed by atoms with Crippen molar-refractivity contribution in [3.63, 3.8) is 0 Å². The highest BCUT2D eigenvalue weighted by Gasteiger charge is 2.23. The summed E-state index contributed by atoms with van der Waals surface area (Å²) in [4.78, 5) is 34.7. The second-order valence-corrected chi connectivity index (χ2v) is 9.40. The van der Waals surface area contributed by atoms with Gasteiger partial charge in [-0.25, -0.2) is 4.98 Å². The van der Waals surface area contributed by atoms with Gasteiger partial charge in [0, 0.05) is 48.7 Å². The van der Waals surface area contributed by atoms with E-state index in [4.69, 9.17) is 0 Å². The molecule has 0 aliphatic heterocycles. The van der Waals surface area contributed by atoms with Crippen molar-refractivity contribution in [2.45, 2.75) is 39.8 Å². The fourth-order valence-electron chi connectivity index (χ4n) is 3.78. The summed E-state index contributed by atoms with van der Waals surface area (Å²) in [5.74, 6) is -0.246. The molecule has 0 unspecified atom stereocenters.